The number of aromatic nitrogens is 2. The zero-order valence-electron chi connectivity index (χ0n) is 15.2. The molecule has 0 saturated carbocycles. The number of nitrogens with zero attached hydrogens (tertiary/aromatic N) is 3. The summed E-state index contributed by atoms with van der Waals surface area (Å²) in [7, 11) is 1.57. The van der Waals surface area contributed by atoms with Crippen molar-refractivity contribution in [3.8, 4) is 29.0 Å². The van der Waals surface area contributed by atoms with Gasteiger partial charge in [0, 0.05) is 17.2 Å². The van der Waals surface area contributed by atoms with Gasteiger partial charge in [0.05, 0.1) is 29.2 Å². The molecule has 0 amide bonds. The third-order valence-electron chi connectivity index (χ3n) is 4.76. The molecule has 144 valence electrons. The van der Waals surface area contributed by atoms with Gasteiger partial charge in [0.25, 0.3) is 5.69 Å². The molecule has 1 aliphatic rings. The van der Waals surface area contributed by atoms with E-state index in [2.05, 4.69) is 10.2 Å². The first-order chi connectivity index (χ1) is 14.0. The Morgan fingerprint density at radius 3 is 2.66 bits per heavy atom. The largest absolute Gasteiger partial charge is 0.497 e. The molecule has 0 spiro atoms. The topological polar surface area (TPSA) is 140 Å². The lowest BCUT2D eigenvalue weighted by Gasteiger charge is -2.23. The highest BCUT2D eigenvalue weighted by Gasteiger charge is 2.38. The first-order valence-corrected chi connectivity index (χ1v) is 8.58. The van der Waals surface area contributed by atoms with E-state index < -0.39 is 10.8 Å². The standard InChI is InChI=1S/C20H15N5O4/c1-28-12-8-6-11(7-9-12)18-17-16(13-4-2-3-5-15(13)25(26)27)14(10-21)19(22)29-20(17)24-23-18/h2-9,16H,22H2,1H3,(H,23,24). The molecule has 0 bridgehead atoms. The summed E-state index contributed by atoms with van der Waals surface area (Å²) in [6.07, 6.45) is 0. The minimum atomic E-state index is -0.804. The van der Waals surface area contributed by atoms with Gasteiger partial charge < -0.3 is 15.2 Å². The van der Waals surface area contributed by atoms with Crippen molar-refractivity contribution in [2.45, 2.75) is 5.92 Å². The molecule has 1 atom stereocenters. The molecule has 0 aliphatic carbocycles. The normalized spacial score (nSPS) is 15.2. The minimum Gasteiger partial charge on any atom is -0.497 e. The lowest BCUT2D eigenvalue weighted by molar-refractivity contribution is -0.385. The Bertz CT molecular complexity index is 1170. The maximum absolute atomic E-state index is 11.6. The number of hydrogen-bond donors (Lipinski definition) is 2. The number of nitriles is 1. The Morgan fingerprint density at radius 2 is 2.00 bits per heavy atom. The summed E-state index contributed by atoms with van der Waals surface area (Å²) in [6.45, 7) is 0. The van der Waals surface area contributed by atoms with Crippen LogP contribution in [0.4, 0.5) is 5.69 Å². The molecule has 9 heteroatoms. The molecule has 1 aliphatic heterocycles. The number of aromatic amines is 1. The first kappa shape index (κ1) is 18.1. The average molecular weight is 389 g/mol. The Hall–Kier alpha value is -4.32. The second kappa shape index (κ2) is 7.01. The number of benzene rings is 2. The molecule has 1 aromatic heterocycles. The average Bonchev–Trinajstić information content (AvgIpc) is 3.16. The SMILES string of the molecule is COc1ccc(-c2[nH]nc3c2C(c2ccccc2[N+](=O)[O-])C(C#N)=C(N)O3)cc1. The number of H-pyrrole nitrogens is 1. The molecule has 1 unspecified atom stereocenters. The highest BCUT2D eigenvalue weighted by molar-refractivity contribution is 5.72. The van der Waals surface area contributed by atoms with Crippen molar-refractivity contribution < 1.29 is 14.4 Å². The van der Waals surface area contributed by atoms with E-state index in [0.29, 0.717) is 22.6 Å². The second-order valence-corrected chi connectivity index (χ2v) is 6.29. The monoisotopic (exact) mass is 389 g/mol. The van der Waals surface area contributed by atoms with Crippen LogP contribution in [0.5, 0.6) is 11.6 Å². The molecular formula is C20H15N5O4. The van der Waals surface area contributed by atoms with Gasteiger partial charge in [0.1, 0.15) is 17.4 Å². The number of allylic oxidation sites excluding steroid dienone is 1. The van der Waals surface area contributed by atoms with Gasteiger partial charge in [-0.3, -0.25) is 15.2 Å². The van der Waals surface area contributed by atoms with Gasteiger partial charge in [-0.15, -0.1) is 5.10 Å². The van der Waals surface area contributed by atoms with Gasteiger partial charge in [0.15, 0.2) is 0 Å². The zero-order chi connectivity index (χ0) is 20.5. The fourth-order valence-electron chi connectivity index (χ4n) is 3.43. The number of nitro groups is 1. The molecule has 2 aromatic carbocycles. The van der Waals surface area contributed by atoms with Gasteiger partial charge in [0.2, 0.25) is 11.8 Å². The van der Waals surface area contributed by atoms with Crippen LogP contribution in [0.25, 0.3) is 11.3 Å². The molecule has 0 radical (unpaired) electrons. The third-order valence-corrected chi connectivity index (χ3v) is 4.76. The molecule has 9 nitrogen and oxygen atoms in total. The van der Waals surface area contributed by atoms with Crippen molar-refractivity contribution in [1.82, 2.24) is 10.2 Å². The van der Waals surface area contributed by atoms with E-state index in [1.165, 1.54) is 6.07 Å². The van der Waals surface area contributed by atoms with Crippen LogP contribution in [-0.2, 0) is 0 Å². The number of fused-ring (bicyclic) bond motifs is 1. The maximum atomic E-state index is 11.6. The van der Waals surface area contributed by atoms with Crippen LogP contribution in [0, 0.1) is 21.4 Å². The van der Waals surface area contributed by atoms with Crippen LogP contribution in [-0.4, -0.2) is 22.2 Å². The number of nitro benzene ring substituents is 1. The number of nitrogens with one attached hydrogen (secondary N) is 1. The summed E-state index contributed by atoms with van der Waals surface area (Å²) in [5.74, 6) is -0.0805. The van der Waals surface area contributed by atoms with E-state index in [1.807, 2.05) is 18.2 Å². The van der Waals surface area contributed by atoms with E-state index in [-0.39, 0.29) is 23.0 Å². The predicted molar refractivity (Wildman–Crippen MR) is 103 cm³/mol. The Balaban J connectivity index is 1.96. The van der Waals surface area contributed by atoms with Crippen LogP contribution < -0.4 is 15.2 Å². The molecule has 2 heterocycles. The molecule has 3 aromatic rings. The Kier molecular flexibility index (Phi) is 4.37. The Labute approximate surface area is 165 Å². The highest BCUT2D eigenvalue weighted by atomic mass is 16.6. The lowest BCUT2D eigenvalue weighted by Crippen LogP contribution is -2.21. The maximum Gasteiger partial charge on any atom is 0.273 e. The Morgan fingerprint density at radius 1 is 1.28 bits per heavy atom. The van der Waals surface area contributed by atoms with Crippen LogP contribution in [0.3, 0.4) is 0 Å². The molecule has 0 saturated heterocycles. The van der Waals surface area contributed by atoms with Crippen LogP contribution in [0.1, 0.15) is 17.0 Å². The van der Waals surface area contributed by atoms with E-state index >= 15 is 0 Å². The number of para-hydroxylation sites is 1. The van der Waals surface area contributed by atoms with Crippen molar-refractivity contribution in [2.24, 2.45) is 5.73 Å². The fourth-order valence-corrected chi connectivity index (χ4v) is 3.43. The summed E-state index contributed by atoms with van der Waals surface area (Å²) in [5, 5.41) is 28.4. The summed E-state index contributed by atoms with van der Waals surface area (Å²) in [5.41, 5.74) is 8.08. The van der Waals surface area contributed by atoms with Gasteiger partial charge in [-0.2, -0.15) is 5.26 Å². The van der Waals surface area contributed by atoms with Crippen LogP contribution in [0.2, 0.25) is 0 Å². The number of nitrogens with two attached hydrogens (primary N) is 1. The van der Waals surface area contributed by atoms with Crippen molar-refractivity contribution >= 4 is 5.69 Å². The molecule has 0 fully saturated rings. The molecule has 4 rings (SSSR count). The fraction of sp³-hybridized carbons (Fsp3) is 0.100. The van der Waals surface area contributed by atoms with E-state index in [0.717, 1.165) is 5.56 Å². The molecule has 29 heavy (non-hydrogen) atoms. The van der Waals surface area contributed by atoms with Gasteiger partial charge in [-0.25, -0.2) is 0 Å². The van der Waals surface area contributed by atoms with Gasteiger partial charge in [-0.1, -0.05) is 18.2 Å². The van der Waals surface area contributed by atoms with E-state index in [1.54, 1.807) is 37.4 Å². The first-order valence-electron chi connectivity index (χ1n) is 8.58. The van der Waals surface area contributed by atoms with Crippen LogP contribution >= 0.6 is 0 Å². The van der Waals surface area contributed by atoms with E-state index in [9.17, 15) is 15.4 Å². The third kappa shape index (κ3) is 2.93. The predicted octanol–water partition coefficient (Wildman–Crippen LogP) is 3.21. The van der Waals surface area contributed by atoms with Crippen molar-refractivity contribution in [2.75, 3.05) is 7.11 Å². The van der Waals surface area contributed by atoms with Gasteiger partial charge in [-0.05, 0) is 24.3 Å². The summed E-state index contributed by atoms with van der Waals surface area (Å²) >= 11 is 0. The van der Waals surface area contributed by atoms with Crippen LogP contribution in [0.15, 0.2) is 60.0 Å². The number of methoxy groups -OCH3 is 1. The summed E-state index contributed by atoms with van der Waals surface area (Å²) < 4.78 is 10.7. The quantitative estimate of drug-likeness (QED) is 0.515. The zero-order valence-corrected chi connectivity index (χ0v) is 15.2. The van der Waals surface area contributed by atoms with Crippen molar-refractivity contribution in [3.63, 3.8) is 0 Å². The van der Waals surface area contributed by atoms with Gasteiger partial charge >= 0.3 is 0 Å². The van der Waals surface area contributed by atoms with E-state index in [4.69, 9.17) is 15.2 Å². The molecule has 3 N–H and O–H groups in total. The summed E-state index contributed by atoms with van der Waals surface area (Å²) in [4.78, 5) is 11.1. The minimum absolute atomic E-state index is 0.0861. The second-order valence-electron chi connectivity index (χ2n) is 6.29. The highest BCUT2D eigenvalue weighted by Crippen LogP contribution is 2.47. The molecular weight excluding hydrogens is 374 g/mol. The number of rotatable bonds is 4. The lowest BCUT2D eigenvalue weighted by atomic mass is 9.82. The van der Waals surface area contributed by atoms with Crippen molar-refractivity contribution in [1.29, 1.82) is 5.26 Å². The number of ether oxygens (including phenoxy) is 2. The summed E-state index contributed by atoms with van der Waals surface area (Å²) in [6, 6.07) is 15.5. The smallest absolute Gasteiger partial charge is 0.273 e. The van der Waals surface area contributed by atoms with Crippen molar-refractivity contribution in [3.05, 3.63) is 81.2 Å². The number of hydrogen-bond acceptors (Lipinski definition) is 7.